The molecule has 1 saturated carbocycles. The highest BCUT2D eigenvalue weighted by Crippen LogP contribution is 2.28. The molecule has 29 heavy (non-hydrogen) atoms. The van der Waals surface area contributed by atoms with Crippen LogP contribution in [0.15, 0.2) is 53.7 Å². The third-order valence-electron chi connectivity index (χ3n) is 4.51. The van der Waals surface area contributed by atoms with Gasteiger partial charge in [-0.25, -0.2) is 17.9 Å². The number of benzene rings is 1. The van der Waals surface area contributed by atoms with E-state index in [4.69, 9.17) is 23.2 Å². The first-order chi connectivity index (χ1) is 13.8. The molecule has 2 unspecified atom stereocenters. The average Bonchev–Trinajstić information content (AvgIpc) is 2.66. The van der Waals surface area contributed by atoms with Crippen LogP contribution in [0.25, 0.3) is 0 Å². The molecule has 10 heteroatoms. The minimum atomic E-state index is -3.70. The van der Waals surface area contributed by atoms with Gasteiger partial charge in [-0.05, 0) is 55.2 Å². The molecule has 2 atom stereocenters. The van der Waals surface area contributed by atoms with Gasteiger partial charge in [0.2, 0.25) is 10.0 Å². The number of sulfonamides is 1. The van der Waals surface area contributed by atoms with E-state index in [1.54, 1.807) is 18.5 Å². The number of halogens is 2. The number of nitrogens with one attached hydrogen (secondary N) is 3. The Balaban J connectivity index is 1.55. The Morgan fingerprint density at radius 1 is 1.07 bits per heavy atom. The van der Waals surface area contributed by atoms with E-state index in [9.17, 15) is 13.2 Å². The quantitative estimate of drug-likeness (QED) is 0.579. The summed E-state index contributed by atoms with van der Waals surface area (Å²) in [6, 6.07) is 8.90. The highest BCUT2D eigenvalue weighted by atomic mass is 35.5. The van der Waals surface area contributed by atoms with Crippen molar-refractivity contribution in [3.63, 3.8) is 0 Å². The number of hydrogen-bond acceptors (Lipinski definition) is 4. The molecule has 1 heterocycles. The second-order valence-corrected chi connectivity index (χ2v) is 9.86. The zero-order valence-corrected chi connectivity index (χ0v) is 17.8. The lowest BCUT2D eigenvalue weighted by Crippen LogP contribution is -2.41. The van der Waals surface area contributed by atoms with Crippen LogP contribution in [0, 0.1) is 0 Å². The van der Waals surface area contributed by atoms with Crippen molar-refractivity contribution in [2.24, 2.45) is 0 Å². The van der Waals surface area contributed by atoms with Crippen molar-refractivity contribution >= 4 is 44.9 Å². The smallest absolute Gasteiger partial charge is 0.319 e. The van der Waals surface area contributed by atoms with Gasteiger partial charge >= 0.3 is 6.03 Å². The van der Waals surface area contributed by atoms with E-state index in [1.165, 1.54) is 24.3 Å². The number of aromatic nitrogens is 1. The van der Waals surface area contributed by atoms with E-state index in [1.807, 2.05) is 6.07 Å². The number of carbonyl (C=O) groups excluding carboxylic acids is 1. The molecule has 0 saturated heterocycles. The van der Waals surface area contributed by atoms with E-state index in [0.717, 1.165) is 5.56 Å². The lowest BCUT2D eigenvalue weighted by Gasteiger charge is -2.29. The van der Waals surface area contributed by atoms with Crippen LogP contribution in [0.4, 0.5) is 10.5 Å². The molecule has 2 amide bonds. The minimum Gasteiger partial charge on any atom is -0.334 e. The lowest BCUT2D eigenvalue weighted by atomic mass is 9.95. The predicted molar refractivity (Wildman–Crippen MR) is 114 cm³/mol. The van der Waals surface area contributed by atoms with Gasteiger partial charge < -0.3 is 10.6 Å². The molecule has 0 bridgehead atoms. The van der Waals surface area contributed by atoms with Crippen LogP contribution in [0.1, 0.15) is 24.8 Å². The molecule has 0 aliphatic heterocycles. The summed E-state index contributed by atoms with van der Waals surface area (Å²) in [5.74, 6) is 0. The molecule has 1 aromatic heterocycles. The zero-order valence-electron chi connectivity index (χ0n) is 15.5. The third kappa shape index (κ3) is 6.57. The Hall–Kier alpha value is -1.87. The van der Waals surface area contributed by atoms with Crippen molar-refractivity contribution in [2.75, 3.05) is 5.32 Å². The topological polar surface area (TPSA) is 100 Å². The van der Waals surface area contributed by atoms with Crippen LogP contribution < -0.4 is 15.4 Å². The van der Waals surface area contributed by atoms with Gasteiger partial charge in [-0.2, -0.15) is 0 Å². The number of rotatable bonds is 6. The van der Waals surface area contributed by atoms with Gasteiger partial charge in [0.1, 0.15) is 0 Å². The molecule has 2 aromatic rings. The highest BCUT2D eigenvalue weighted by Gasteiger charge is 2.30. The average molecular weight is 457 g/mol. The lowest BCUT2D eigenvalue weighted by molar-refractivity contribution is 0.251. The summed E-state index contributed by atoms with van der Waals surface area (Å²) in [6.45, 7) is 0.334. The number of alkyl halides is 2. The Bertz CT molecular complexity index is 916. The van der Waals surface area contributed by atoms with Gasteiger partial charge in [0, 0.05) is 41.4 Å². The van der Waals surface area contributed by atoms with E-state index in [-0.39, 0.29) is 21.7 Å². The van der Waals surface area contributed by atoms with E-state index >= 15 is 0 Å². The molecule has 1 aliphatic carbocycles. The Labute approximate surface area is 180 Å². The number of amides is 2. The number of anilines is 1. The van der Waals surface area contributed by atoms with E-state index < -0.39 is 16.1 Å². The fourth-order valence-corrected chi connectivity index (χ4v) is 5.36. The number of pyridine rings is 1. The maximum atomic E-state index is 12.6. The number of carbonyl (C=O) groups is 1. The molecular formula is C19H22Cl2N4O3S. The molecule has 156 valence electrons. The summed E-state index contributed by atoms with van der Waals surface area (Å²) in [4.78, 5) is 16.1. The first kappa shape index (κ1) is 21.8. The molecule has 3 rings (SSSR count). The van der Waals surface area contributed by atoms with Gasteiger partial charge in [0.25, 0.3) is 0 Å². The molecule has 1 aliphatic rings. The monoisotopic (exact) mass is 456 g/mol. The Kier molecular flexibility index (Phi) is 7.34. The second kappa shape index (κ2) is 9.75. The second-order valence-electron chi connectivity index (χ2n) is 6.91. The van der Waals surface area contributed by atoms with Crippen molar-refractivity contribution < 1.29 is 13.2 Å². The molecule has 1 aromatic carbocycles. The SMILES string of the molecule is O=C(NCc1cccnc1)Nc1ccc(S(=O)(=O)NC2CC(Cl)CC(Cl)C2)cc1. The summed E-state index contributed by atoms with van der Waals surface area (Å²) in [5.41, 5.74) is 1.35. The third-order valence-corrected chi connectivity index (χ3v) is 6.76. The van der Waals surface area contributed by atoms with Crippen molar-refractivity contribution in [1.29, 1.82) is 0 Å². The van der Waals surface area contributed by atoms with Gasteiger partial charge in [0.05, 0.1) is 4.90 Å². The highest BCUT2D eigenvalue weighted by molar-refractivity contribution is 7.89. The van der Waals surface area contributed by atoms with Crippen molar-refractivity contribution in [3.05, 3.63) is 54.4 Å². The van der Waals surface area contributed by atoms with Gasteiger partial charge in [0.15, 0.2) is 0 Å². The standard InChI is InChI=1S/C19H22Cl2N4O3S/c20-14-8-15(21)10-17(9-14)25-29(27,28)18-5-3-16(4-6-18)24-19(26)23-12-13-2-1-7-22-11-13/h1-7,11,14-15,17,25H,8-10,12H2,(H2,23,24,26). The molecule has 0 radical (unpaired) electrons. The van der Waals surface area contributed by atoms with Crippen molar-refractivity contribution in [2.45, 2.75) is 47.5 Å². The Morgan fingerprint density at radius 2 is 1.76 bits per heavy atom. The summed E-state index contributed by atoms with van der Waals surface area (Å²) >= 11 is 12.3. The van der Waals surface area contributed by atoms with Crippen LogP contribution in [-0.2, 0) is 16.6 Å². The molecule has 7 nitrogen and oxygen atoms in total. The van der Waals surface area contributed by atoms with Crippen LogP contribution in [0.3, 0.4) is 0 Å². The molecule has 1 fully saturated rings. The van der Waals surface area contributed by atoms with Crippen LogP contribution in [0.2, 0.25) is 0 Å². The van der Waals surface area contributed by atoms with Gasteiger partial charge in [-0.3, -0.25) is 4.98 Å². The first-order valence-electron chi connectivity index (χ1n) is 9.16. The number of urea groups is 1. The summed E-state index contributed by atoms with van der Waals surface area (Å²) < 4.78 is 27.9. The largest absolute Gasteiger partial charge is 0.334 e. The fourth-order valence-electron chi connectivity index (χ4n) is 3.15. The predicted octanol–water partition coefficient (Wildman–Crippen LogP) is 3.45. The molecule has 0 spiro atoms. The summed E-state index contributed by atoms with van der Waals surface area (Å²) in [5, 5.41) is 5.09. The minimum absolute atomic E-state index is 0.113. The maximum absolute atomic E-state index is 12.6. The maximum Gasteiger partial charge on any atom is 0.319 e. The van der Waals surface area contributed by atoms with E-state index in [2.05, 4.69) is 20.3 Å². The molecule has 3 N–H and O–H groups in total. The number of nitrogens with zero attached hydrogens (tertiary/aromatic N) is 1. The summed E-state index contributed by atoms with van der Waals surface area (Å²) in [6.07, 6.45) is 5.08. The normalized spacial score (nSPS) is 22.1. The van der Waals surface area contributed by atoms with Gasteiger partial charge in [-0.1, -0.05) is 6.07 Å². The fraction of sp³-hybridized carbons (Fsp3) is 0.368. The van der Waals surface area contributed by atoms with E-state index in [0.29, 0.717) is 31.5 Å². The number of hydrogen-bond donors (Lipinski definition) is 3. The van der Waals surface area contributed by atoms with Crippen molar-refractivity contribution in [1.82, 2.24) is 15.0 Å². The van der Waals surface area contributed by atoms with Crippen LogP contribution >= 0.6 is 23.2 Å². The van der Waals surface area contributed by atoms with Gasteiger partial charge in [-0.15, -0.1) is 23.2 Å². The molecular weight excluding hydrogens is 435 g/mol. The van der Waals surface area contributed by atoms with Crippen LogP contribution in [-0.4, -0.2) is 36.2 Å². The first-order valence-corrected chi connectivity index (χ1v) is 11.5. The zero-order chi connectivity index (χ0) is 20.9. The van der Waals surface area contributed by atoms with Crippen LogP contribution in [0.5, 0.6) is 0 Å². The summed E-state index contributed by atoms with van der Waals surface area (Å²) in [7, 11) is -3.70. The Morgan fingerprint density at radius 3 is 2.38 bits per heavy atom. The van der Waals surface area contributed by atoms with Crippen molar-refractivity contribution in [3.8, 4) is 0 Å².